The van der Waals surface area contributed by atoms with E-state index in [-0.39, 0.29) is 68.9 Å². The summed E-state index contributed by atoms with van der Waals surface area (Å²) in [5.41, 5.74) is 0. The molecule has 0 saturated carbocycles. The molecule has 0 atom stereocenters. The Morgan fingerprint density at radius 3 is 1.25 bits per heavy atom. The van der Waals surface area contributed by atoms with E-state index < -0.39 is 0 Å². The second-order valence-electron chi connectivity index (χ2n) is 0.0816. The van der Waals surface area contributed by atoms with Crippen molar-refractivity contribution in [3.05, 3.63) is 0 Å². The third-order valence-electron chi connectivity index (χ3n) is 0. The molecule has 4 heavy (non-hydrogen) atoms. The van der Waals surface area contributed by atoms with Gasteiger partial charge in [0.2, 0.25) is 0 Å². The van der Waals surface area contributed by atoms with E-state index >= 15 is 0 Å². The molecule has 0 unspecified atom stereocenters. The third kappa shape index (κ3) is 9.06. The van der Waals surface area contributed by atoms with Crippen LogP contribution >= 0.6 is 0 Å². The zero-order chi connectivity index (χ0) is 2.71. The minimum absolute atomic E-state index is 0. The van der Waals surface area contributed by atoms with Crippen LogP contribution < -0.4 is 0 Å². The molecule has 0 fully saturated rings. The summed E-state index contributed by atoms with van der Waals surface area (Å²) in [6.45, 7) is 0. The summed E-state index contributed by atoms with van der Waals surface area (Å²) in [6, 6.07) is 0. The first kappa shape index (κ1) is 9.33. The number of rotatable bonds is 0. The van der Waals surface area contributed by atoms with Crippen LogP contribution in [0.25, 0.3) is 0 Å². The van der Waals surface area contributed by atoms with Crippen molar-refractivity contribution in [2.75, 3.05) is 0 Å². The normalized spacial score (nSPS) is 4.50. The Hall–Kier alpha value is 1.93. The van der Waals surface area contributed by atoms with Gasteiger partial charge in [-0.3, -0.25) is 0 Å². The molecule has 3 nitrogen and oxygen atoms in total. The Morgan fingerprint density at radius 1 is 1.25 bits per heavy atom. The number of hydrogen-bond donors (Lipinski definition) is 2. The molecule has 0 rings (SSSR count). The third-order valence-corrected chi connectivity index (χ3v) is 0. The Morgan fingerprint density at radius 2 is 1.25 bits per heavy atom. The predicted molar refractivity (Wildman–Crippen MR) is 12.1 cm³/mol. The van der Waals surface area contributed by atoms with Crippen LogP contribution in [0.2, 0.25) is 0 Å². The van der Waals surface area contributed by atoms with E-state index in [0.29, 0.717) is 0 Å². The summed E-state index contributed by atoms with van der Waals surface area (Å²) in [5, 5.41) is 15.5. The second-order valence-corrected chi connectivity index (χ2v) is 0.0816. The van der Waals surface area contributed by atoms with Crippen molar-refractivity contribution < 1.29 is 15.6 Å². The fourth-order valence-corrected chi connectivity index (χ4v) is 0. The van der Waals surface area contributed by atoms with E-state index in [0.717, 1.165) is 0 Å². The van der Waals surface area contributed by atoms with Crippen LogP contribution in [0.1, 0.15) is 0 Å². The van der Waals surface area contributed by atoms with Gasteiger partial charge in [0.05, 0.1) is 0 Å². The first-order valence-electron chi connectivity index (χ1n) is 0.365. The van der Waals surface area contributed by atoms with Gasteiger partial charge in [0, 0.05) is 68.9 Å². The van der Waals surface area contributed by atoms with Gasteiger partial charge in [-0.05, 0) is 0 Å². The molecule has 1 radical (unpaired) electrons. The molecule has 0 heterocycles. The molecular weight excluding hydrogens is 181 g/mol. The molecule has 4 heteroatoms. The van der Waals surface area contributed by atoms with Gasteiger partial charge in [0.1, 0.15) is 0 Å². The van der Waals surface area contributed by atoms with Crippen LogP contribution in [0.3, 0.4) is 0 Å². The van der Waals surface area contributed by atoms with Gasteiger partial charge in [-0.1, -0.05) is 5.04 Å². The Kier molecular flexibility index (Phi) is 20.7. The van der Waals surface area contributed by atoms with Gasteiger partial charge in [0.25, 0.3) is 0 Å². The molecule has 0 aromatic rings. The maximum absolute atomic E-state index is 6.62. The van der Waals surface area contributed by atoms with Crippen LogP contribution in [0, 0.1) is 0 Å². The molecule has 0 aliphatic rings. The zero-order valence-electron chi connectivity index (χ0n) is 2.30. The van der Waals surface area contributed by atoms with E-state index in [1.165, 1.54) is 0 Å². The maximum atomic E-state index is 6.62. The van der Waals surface area contributed by atoms with Gasteiger partial charge in [-0.25, -0.2) is 10.5 Å². The van der Waals surface area contributed by atoms with E-state index in [1.54, 1.807) is 0 Å². The largest absolute Gasteiger partial charge is 0.221 e. The van der Waals surface area contributed by atoms with Crippen molar-refractivity contribution in [3.63, 3.8) is 0 Å². The molecule has 0 aromatic carbocycles. The van der Waals surface area contributed by atoms with Gasteiger partial charge in [-0.2, -0.15) is 0 Å². The predicted octanol–water partition coefficient (Wildman–Crippen LogP) is -0.432. The Balaban J connectivity index is 0. The summed E-state index contributed by atoms with van der Waals surface area (Å²) in [6.07, 6.45) is 0. The molecule has 0 aromatic heterocycles. The summed E-state index contributed by atoms with van der Waals surface area (Å²) < 4.78 is 0. The second kappa shape index (κ2) is 8.87. The molecule has 0 amide bonds. The Labute approximate surface area is 82.2 Å². The molecule has 2 N–H and O–H groups in total. The molecule has 0 aliphatic carbocycles. The minimum atomic E-state index is 0. The molecule has 0 aliphatic heterocycles. The standard InChI is InChI=1S/Cs.H2O3/c;1-3-2/h;1-2H. The first-order chi connectivity index (χ1) is 1.41. The van der Waals surface area contributed by atoms with E-state index in [2.05, 4.69) is 5.04 Å². The van der Waals surface area contributed by atoms with Gasteiger partial charge < -0.3 is 0 Å². The van der Waals surface area contributed by atoms with E-state index in [4.69, 9.17) is 10.5 Å². The summed E-state index contributed by atoms with van der Waals surface area (Å²) in [7, 11) is 0. The summed E-state index contributed by atoms with van der Waals surface area (Å²) in [5.74, 6) is 0. The van der Waals surface area contributed by atoms with Gasteiger partial charge in [-0.15, -0.1) is 0 Å². The van der Waals surface area contributed by atoms with Crippen molar-refractivity contribution in [2.45, 2.75) is 0 Å². The minimum Gasteiger partial charge on any atom is -0.221 e. The molecule has 0 saturated heterocycles. The topological polar surface area (TPSA) is 49.7 Å². The maximum Gasteiger partial charge on any atom is 0 e. The van der Waals surface area contributed by atoms with Crippen LogP contribution in [0.5, 0.6) is 0 Å². The van der Waals surface area contributed by atoms with Crippen molar-refractivity contribution in [1.29, 1.82) is 0 Å². The first-order valence-corrected chi connectivity index (χ1v) is 0.365. The van der Waals surface area contributed by atoms with Crippen molar-refractivity contribution >= 4 is 68.9 Å². The zero-order valence-corrected chi connectivity index (χ0v) is 8.58. The van der Waals surface area contributed by atoms with E-state index in [9.17, 15) is 0 Å². The van der Waals surface area contributed by atoms with Crippen LogP contribution in [-0.2, 0) is 5.04 Å². The molecule has 21 valence electrons. The van der Waals surface area contributed by atoms with Crippen molar-refractivity contribution in [2.24, 2.45) is 0 Å². The average Bonchev–Trinajstić information content (AvgIpc) is 0.918. The quantitative estimate of drug-likeness (QED) is 0.395. The fourth-order valence-electron chi connectivity index (χ4n) is 0. The average molecular weight is 183 g/mol. The van der Waals surface area contributed by atoms with E-state index in [1.807, 2.05) is 0 Å². The number of hydrogen-bond acceptors (Lipinski definition) is 3. The molecule has 0 bridgehead atoms. The van der Waals surface area contributed by atoms with Crippen molar-refractivity contribution in [3.8, 4) is 0 Å². The monoisotopic (exact) mass is 183 g/mol. The fraction of sp³-hybridized carbons (Fsp3) is 0. The van der Waals surface area contributed by atoms with Gasteiger partial charge in [0.15, 0.2) is 0 Å². The summed E-state index contributed by atoms with van der Waals surface area (Å²) >= 11 is 0. The molecule has 0 spiro atoms. The SMILES string of the molecule is OOO.[Cs]. The van der Waals surface area contributed by atoms with Crippen molar-refractivity contribution in [1.82, 2.24) is 0 Å². The molecular formula is H2CsO3. The Bertz CT molecular complexity index is 3.25. The van der Waals surface area contributed by atoms with Crippen LogP contribution in [-0.4, -0.2) is 79.4 Å². The summed E-state index contributed by atoms with van der Waals surface area (Å²) in [4.78, 5) is 0. The smallest absolute Gasteiger partial charge is 0 e. The van der Waals surface area contributed by atoms with Crippen LogP contribution in [0.4, 0.5) is 0 Å². The van der Waals surface area contributed by atoms with Gasteiger partial charge >= 0.3 is 0 Å². The van der Waals surface area contributed by atoms with Crippen LogP contribution in [0.15, 0.2) is 0 Å².